The Labute approximate surface area is 106 Å². The second-order valence-electron chi connectivity index (χ2n) is 4.12. The lowest BCUT2D eigenvalue weighted by molar-refractivity contribution is -0.112. The van der Waals surface area contributed by atoms with Crippen molar-refractivity contribution in [3.63, 3.8) is 0 Å². The number of hydrogen-bond acceptors (Lipinski definition) is 2. The zero-order valence-corrected chi connectivity index (χ0v) is 10.4. The highest BCUT2D eigenvalue weighted by Crippen LogP contribution is 2.21. The number of nitrogens with two attached hydrogens (primary N) is 1. The van der Waals surface area contributed by atoms with E-state index in [2.05, 4.69) is 6.58 Å². The smallest absolute Gasteiger partial charge is 0.335 e. The minimum atomic E-state index is -0.982. The van der Waals surface area contributed by atoms with Crippen LogP contribution in [0.3, 0.4) is 0 Å². The third-order valence-corrected chi connectivity index (χ3v) is 2.77. The summed E-state index contributed by atoms with van der Waals surface area (Å²) in [6, 6.07) is 4.64. The minimum absolute atomic E-state index is 0.210. The minimum Gasteiger partial charge on any atom is -0.478 e. The van der Waals surface area contributed by atoms with Gasteiger partial charge in [0.1, 0.15) is 0 Å². The molecule has 1 amide bonds. The lowest BCUT2D eigenvalue weighted by Crippen LogP contribution is -2.13. The topological polar surface area (TPSA) is 80.4 Å². The van der Waals surface area contributed by atoms with E-state index in [9.17, 15) is 9.59 Å². The molecule has 4 nitrogen and oxygen atoms in total. The first kappa shape index (κ1) is 14.0. The van der Waals surface area contributed by atoms with Crippen molar-refractivity contribution in [2.24, 2.45) is 5.73 Å². The maximum atomic E-state index is 11.2. The van der Waals surface area contributed by atoms with E-state index in [1.54, 1.807) is 12.1 Å². The highest BCUT2D eigenvalue weighted by atomic mass is 16.4. The third kappa shape index (κ3) is 3.20. The molecule has 0 heterocycles. The molecule has 1 rings (SSSR count). The molecule has 0 bridgehead atoms. The number of aromatic carboxylic acids is 1. The van der Waals surface area contributed by atoms with E-state index < -0.39 is 11.9 Å². The van der Waals surface area contributed by atoms with E-state index >= 15 is 0 Å². The van der Waals surface area contributed by atoms with Crippen LogP contribution in [-0.2, 0) is 11.2 Å². The summed E-state index contributed by atoms with van der Waals surface area (Å²) in [7, 11) is 0. The molecule has 0 aliphatic carbocycles. The van der Waals surface area contributed by atoms with Crippen molar-refractivity contribution in [1.29, 1.82) is 0 Å². The normalized spacial score (nSPS) is 10.1. The Balaban J connectivity index is 3.20. The van der Waals surface area contributed by atoms with E-state index in [0.717, 1.165) is 18.4 Å². The van der Waals surface area contributed by atoms with Crippen molar-refractivity contribution in [3.8, 4) is 0 Å². The second kappa shape index (κ2) is 6.00. The average Bonchev–Trinajstić information content (AvgIpc) is 2.34. The third-order valence-electron chi connectivity index (χ3n) is 2.77. The van der Waals surface area contributed by atoms with E-state index in [1.165, 1.54) is 6.07 Å². The van der Waals surface area contributed by atoms with Gasteiger partial charge >= 0.3 is 5.97 Å². The Hall–Kier alpha value is -2.10. The number of primary amides is 1. The Morgan fingerprint density at radius 1 is 1.39 bits per heavy atom. The van der Waals surface area contributed by atoms with E-state index in [-0.39, 0.29) is 11.1 Å². The van der Waals surface area contributed by atoms with E-state index in [4.69, 9.17) is 10.8 Å². The molecule has 0 aliphatic heterocycles. The number of aryl methyl sites for hydroxylation is 1. The average molecular weight is 247 g/mol. The zero-order chi connectivity index (χ0) is 13.7. The number of carboxylic acids is 1. The summed E-state index contributed by atoms with van der Waals surface area (Å²) in [5.41, 5.74) is 7.09. The molecule has 0 saturated carbocycles. The van der Waals surface area contributed by atoms with Gasteiger partial charge in [-0.25, -0.2) is 4.79 Å². The summed E-state index contributed by atoms with van der Waals surface area (Å²) in [6.45, 7) is 5.69. The molecule has 0 radical (unpaired) electrons. The van der Waals surface area contributed by atoms with Crippen LogP contribution in [0.15, 0.2) is 24.8 Å². The summed E-state index contributed by atoms with van der Waals surface area (Å²) in [5, 5.41) is 8.96. The van der Waals surface area contributed by atoms with Crippen LogP contribution in [0.2, 0.25) is 0 Å². The van der Waals surface area contributed by atoms with Crippen molar-refractivity contribution in [2.75, 3.05) is 0 Å². The molecule has 0 unspecified atom stereocenters. The van der Waals surface area contributed by atoms with Crippen LogP contribution in [0.25, 0.3) is 5.57 Å². The Bertz CT molecular complexity index is 492. The van der Waals surface area contributed by atoms with Gasteiger partial charge < -0.3 is 10.8 Å². The van der Waals surface area contributed by atoms with Crippen molar-refractivity contribution < 1.29 is 14.7 Å². The number of unbranched alkanes of at least 4 members (excludes halogenated alkanes) is 1. The number of rotatable bonds is 6. The summed E-state index contributed by atoms with van der Waals surface area (Å²) in [4.78, 5) is 22.1. The first-order valence-electron chi connectivity index (χ1n) is 5.82. The van der Waals surface area contributed by atoms with Crippen LogP contribution in [0.4, 0.5) is 0 Å². The Morgan fingerprint density at radius 2 is 2.06 bits per heavy atom. The zero-order valence-electron chi connectivity index (χ0n) is 10.4. The van der Waals surface area contributed by atoms with Crippen LogP contribution < -0.4 is 5.73 Å². The fraction of sp³-hybridized carbons (Fsp3) is 0.286. The lowest BCUT2D eigenvalue weighted by Gasteiger charge is -2.10. The van der Waals surface area contributed by atoms with Crippen LogP contribution in [0.5, 0.6) is 0 Å². The van der Waals surface area contributed by atoms with Gasteiger partial charge in [0.2, 0.25) is 5.91 Å². The Kier molecular flexibility index (Phi) is 4.66. The molecule has 0 atom stereocenters. The fourth-order valence-electron chi connectivity index (χ4n) is 1.73. The monoisotopic (exact) mass is 247 g/mol. The van der Waals surface area contributed by atoms with E-state index in [0.29, 0.717) is 12.0 Å². The molecule has 18 heavy (non-hydrogen) atoms. The molecular weight excluding hydrogens is 230 g/mol. The van der Waals surface area contributed by atoms with Gasteiger partial charge in [0.15, 0.2) is 0 Å². The second-order valence-corrected chi connectivity index (χ2v) is 4.12. The molecule has 0 saturated heterocycles. The molecule has 0 aliphatic rings. The molecule has 3 N–H and O–H groups in total. The molecule has 4 heteroatoms. The van der Waals surface area contributed by atoms with Crippen molar-refractivity contribution in [3.05, 3.63) is 41.5 Å². The number of hydrogen-bond donors (Lipinski definition) is 2. The van der Waals surface area contributed by atoms with Gasteiger partial charge in [0.25, 0.3) is 0 Å². The lowest BCUT2D eigenvalue weighted by atomic mass is 9.94. The Morgan fingerprint density at radius 3 is 2.56 bits per heavy atom. The van der Waals surface area contributed by atoms with Crippen molar-refractivity contribution in [2.45, 2.75) is 26.2 Å². The van der Waals surface area contributed by atoms with Crippen LogP contribution in [0, 0.1) is 0 Å². The quantitative estimate of drug-likeness (QED) is 0.756. The largest absolute Gasteiger partial charge is 0.478 e. The number of carbonyl (C=O) groups is 2. The first-order chi connectivity index (χ1) is 8.47. The fourth-order valence-corrected chi connectivity index (χ4v) is 1.73. The molecule has 0 spiro atoms. The van der Waals surface area contributed by atoms with E-state index in [1.807, 2.05) is 6.92 Å². The maximum Gasteiger partial charge on any atom is 0.335 e. The number of carbonyl (C=O) groups excluding carboxylic acids is 1. The van der Waals surface area contributed by atoms with Gasteiger partial charge in [-0.2, -0.15) is 0 Å². The molecule has 1 aromatic carbocycles. The summed E-state index contributed by atoms with van der Waals surface area (Å²) >= 11 is 0. The number of amides is 1. The molecule has 1 aromatic rings. The van der Waals surface area contributed by atoms with Gasteiger partial charge in [0.05, 0.1) is 5.56 Å². The first-order valence-corrected chi connectivity index (χ1v) is 5.82. The van der Waals surface area contributed by atoms with Crippen molar-refractivity contribution >= 4 is 17.4 Å². The predicted molar refractivity (Wildman–Crippen MR) is 70.2 cm³/mol. The van der Waals surface area contributed by atoms with Gasteiger partial charge in [-0.1, -0.05) is 26.0 Å². The summed E-state index contributed by atoms with van der Waals surface area (Å²) in [6.07, 6.45) is 2.61. The van der Waals surface area contributed by atoms with Gasteiger partial charge in [-0.15, -0.1) is 0 Å². The molecule has 96 valence electrons. The number of carboxylic acid groups (broad SMARTS) is 1. The standard InChI is InChI=1S/C14H17NO3/c1-3-4-5-10-8-11(14(17)18)6-7-12(10)9(2)13(15)16/h6-8H,2-5H2,1H3,(H2,15,16)(H,17,18). The van der Waals surface area contributed by atoms with Gasteiger partial charge in [0, 0.05) is 5.57 Å². The maximum absolute atomic E-state index is 11.2. The molecule has 0 fully saturated rings. The van der Waals surface area contributed by atoms with Gasteiger partial charge in [-0.05, 0) is 36.1 Å². The highest BCUT2D eigenvalue weighted by Gasteiger charge is 2.13. The van der Waals surface area contributed by atoms with Crippen molar-refractivity contribution in [1.82, 2.24) is 0 Å². The SMILES string of the molecule is C=C(C(N)=O)c1ccc(C(=O)O)cc1CCCC. The predicted octanol–water partition coefficient (Wildman–Crippen LogP) is 2.23. The summed E-state index contributed by atoms with van der Waals surface area (Å²) < 4.78 is 0. The van der Waals surface area contributed by atoms with Crippen LogP contribution >= 0.6 is 0 Å². The highest BCUT2D eigenvalue weighted by molar-refractivity contribution is 6.18. The summed E-state index contributed by atoms with van der Waals surface area (Å²) in [5.74, 6) is -1.57. The van der Waals surface area contributed by atoms with Crippen LogP contribution in [0.1, 0.15) is 41.3 Å². The van der Waals surface area contributed by atoms with Crippen LogP contribution in [-0.4, -0.2) is 17.0 Å². The molecular formula is C14H17NO3. The molecule has 0 aromatic heterocycles. The van der Waals surface area contributed by atoms with Gasteiger partial charge in [-0.3, -0.25) is 4.79 Å². The number of benzene rings is 1.